The van der Waals surface area contributed by atoms with Crippen molar-refractivity contribution in [2.24, 2.45) is 0 Å². The monoisotopic (exact) mass is 110 g/mol. The highest BCUT2D eigenvalue weighted by Gasteiger charge is 2.06. The lowest BCUT2D eigenvalue weighted by molar-refractivity contribution is 0.251. The molecule has 1 heteroatoms. The predicted octanol–water partition coefficient (Wildman–Crippen LogP) is 1.25. The molecule has 0 spiro atoms. The Hall–Kier alpha value is -0.560. The number of hydrogen-bond acceptors (Lipinski definition) is 1. The second-order valence-corrected chi connectivity index (χ2v) is 2.07. The van der Waals surface area contributed by atoms with Gasteiger partial charge in [0.25, 0.3) is 0 Å². The molecule has 0 amide bonds. The van der Waals surface area contributed by atoms with Gasteiger partial charge in [-0.3, -0.25) is 0 Å². The van der Waals surface area contributed by atoms with Crippen LogP contribution in [0.4, 0.5) is 0 Å². The van der Waals surface area contributed by atoms with Gasteiger partial charge in [0.2, 0.25) is 0 Å². The Labute approximate surface area is 49.3 Å². The molecule has 1 rings (SSSR count). The molecular weight excluding hydrogens is 100 g/mol. The molecule has 1 aliphatic carbocycles. The molecule has 1 unspecified atom stereocenters. The van der Waals surface area contributed by atoms with Crippen molar-refractivity contribution in [3.8, 4) is 0 Å². The van der Waals surface area contributed by atoms with Gasteiger partial charge in [-0.2, -0.15) is 0 Å². The second-order valence-electron chi connectivity index (χ2n) is 2.07. The van der Waals surface area contributed by atoms with Crippen LogP contribution in [0.25, 0.3) is 0 Å². The van der Waals surface area contributed by atoms with Crippen molar-refractivity contribution in [3.63, 3.8) is 0 Å². The average molecular weight is 110 g/mol. The molecule has 0 aromatic carbocycles. The first-order valence-electron chi connectivity index (χ1n) is 2.83. The lowest BCUT2D eigenvalue weighted by Crippen LogP contribution is -2.08. The Morgan fingerprint density at radius 3 is 2.88 bits per heavy atom. The molecule has 1 N–H and O–H groups in total. The number of hydrogen-bond donors (Lipinski definition) is 1. The van der Waals surface area contributed by atoms with Crippen molar-refractivity contribution < 1.29 is 5.11 Å². The molecule has 0 aliphatic heterocycles. The Bertz CT molecular complexity index is 124. The number of allylic oxidation sites excluding steroid dienone is 1. The van der Waals surface area contributed by atoms with Crippen molar-refractivity contribution in [2.45, 2.75) is 18.9 Å². The van der Waals surface area contributed by atoms with Gasteiger partial charge >= 0.3 is 0 Å². The molecule has 1 aliphatic rings. The first-order valence-corrected chi connectivity index (χ1v) is 2.83. The molecule has 0 heterocycles. The van der Waals surface area contributed by atoms with Crippen LogP contribution < -0.4 is 0 Å². The fraction of sp³-hybridized carbons (Fsp3) is 0.429. The Balaban J connectivity index is 2.60. The van der Waals surface area contributed by atoms with Crippen LogP contribution in [-0.4, -0.2) is 11.2 Å². The Kier molecular flexibility index (Phi) is 1.49. The van der Waals surface area contributed by atoms with Crippen LogP contribution in [0.5, 0.6) is 0 Å². The van der Waals surface area contributed by atoms with Gasteiger partial charge in [0.15, 0.2) is 0 Å². The molecule has 0 fully saturated rings. The van der Waals surface area contributed by atoms with E-state index in [-0.39, 0.29) is 6.10 Å². The minimum Gasteiger partial charge on any atom is -0.385 e. The van der Waals surface area contributed by atoms with Gasteiger partial charge < -0.3 is 5.11 Å². The van der Waals surface area contributed by atoms with E-state index < -0.39 is 0 Å². The number of aliphatic hydroxyl groups excluding tert-OH is 1. The van der Waals surface area contributed by atoms with Gasteiger partial charge in [0.1, 0.15) is 0 Å². The molecule has 1 atom stereocenters. The quantitative estimate of drug-likeness (QED) is 0.465. The zero-order valence-electron chi connectivity index (χ0n) is 4.80. The molecule has 0 bridgehead atoms. The van der Waals surface area contributed by atoms with Gasteiger partial charge in [-0.25, -0.2) is 0 Å². The zero-order valence-corrected chi connectivity index (χ0v) is 4.80. The van der Waals surface area contributed by atoms with E-state index in [0.717, 1.165) is 18.4 Å². The molecule has 0 aromatic rings. The summed E-state index contributed by atoms with van der Waals surface area (Å²) >= 11 is 0. The standard InChI is InChI=1S/C7H10O/c1-6-4-2-3-5-7(6)8/h3,5,7-8H,1-2,4H2. The first kappa shape index (κ1) is 5.57. The summed E-state index contributed by atoms with van der Waals surface area (Å²) in [6.07, 6.45) is 5.38. The van der Waals surface area contributed by atoms with E-state index in [2.05, 4.69) is 6.58 Å². The SMILES string of the molecule is C=C1CCC=CC1O. The van der Waals surface area contributed by atoms with Gasteiger partial charge in [0.05, 0.1) is 6.10 Å². The molecule has 0 radical (unpaired) electrons. The number of rotatable bonds is 0. The molecular formula is C7H10O. The summed E-state index contributed by atoms with van der Waals surface area (Å²) in [5, 5.41) is 8.99. The summed E-state index contributed by atoms with van der Waals surface area (Å²) in [6, 6.07) is 0. The number of aliphatic hydroxyl groups is 1. The summed E-state index contributed by atoms with van der Waals surface area (Å²) in [7, 11) is 0. The van der Waals surface area contributed by atoms with Crippen LogP contribution in [0, 0.1) is 0 Å². The van der Waals surface area contributed by atoms with Crippen LogP contribution in [0.15, 0.2) is 24.3 Å². The lowest BCUT2D eigenvalue weighted by atomic mass is 10.0. The summed E-state index contributed by atoms with van der Waals surface area (Å²) in [5.74, 6) is 0. The first-order chi connectivity index (χ1) is 3.80. The predicted molar refractivity (Wildman–Crippen MR) is 33.5 cm³/mol. The highest BCUT2D eigenvalue weighted by atomic mass is 16.3. The van der Waals surface area contributed by atoms with E-state index in [9.17, 15) is 0 Å². The van der Waals surface area contributed by atoms with Crippen LogP contribution >= 0.6 is 0 Å². The summed E-state index contributed by atoms with van der Waals surface area (Å²) in [6.45, 7) is 3.69. The van der Waals surface area contributed by atoms with Crippen LogP contribution in [0.1, 0.15) is 12.8 Å². The molecule has 0 aromatic heterocycles. The van der Waals surface area contributed by atoms with E-state index in [1.165, 1.54) is 0 Å². The molecule has 8 heavy (non-hydrogen) atoms. The maximum absolute atomic E-state index is 8.99. The van der Waals surface area contributed by atoms with Crippen molar-refractivity contribution in [3.05, 3.63) is 24.3 Å². The van der Waals surface area contributed by atoms with Gasteiger partial charge in [0, 0.05) is 0 Å². The van der Waals surface area contributed by atoms with Gasteiger partial charge in [-0.1, -0.05) is 18.7 Å². The third-order valence-electron chi connectivity index (χ3n) is 1.37. The third-order valence-corrected chi connectivity index (χ3v) is 1.37. The summed E-state index contributed by atoms with van der Waals surface area (Å²) in [4.78, 5) is 0. The highest BCUT2D eigenvalue weighted by Crippen LogP contribution is 2.14. The summed E-state index contributed by atoms with van der Waals surface area (Å²) in [5.41, 5.74) is 0.938. The highest BCUT2D eigenvalue weighted by molar-refractivity contribution is 5.15. The topological polar surface area (TPSA) is 20.2 Å². The smallest absolute Gasteiger partial charge is 0.0929 e. The lowest BCUT2D eigenvalue weighted by Gasteiger charge is -2.12. The fourth-order valence-corrected chi connectivity index (χ4v) is 0.778. The van der Waals surface area contributed by atoms with Crippen LogP contribution in [-0.2, 0) is 0 Å². The van der Waals surface area contributed by atoms with Gasteiger partial charge in [-0.05, 0) is 18.4 Å². The second kappa shape index (κ2) is 2.14. The average Bonchev–Trinajstić information content (AvgIpc) is 1.77. The Morgan fingerprint density at radius 2 is 2.50 bits per heavy atom. The van der Waals surface area contributed by atoms with Crippen molar-refractivity contribution in [1.29, 1.82) is 0 Å². The van der Waals surface area contributed by atoms with E-state index in [4.69, 9.17) is 5.11 Å². The third kappa shape index (κ3) is 0.984. The Morgan fingerprint density at radius 1 is 1.75 bits per heavy atom. The minimum absolute atomic E-state index is 0.372. The summed E-state index contributed by atoms with van der Waals surface area (Å²) < 4.78 is 0. The zero-order chi connectivity index (χ0) is 5.98. The van der Waals surface area contributed by atoms with Crippen LogP contribution in [0.3, 0.4) is 0 Å². The van der Waals surface area contributed by atoms with Crippen molar-refractivity contribution >= 4 is 0 Å². The van der Waals surface area contributed by atoms with Crippen LogP contribution in [0.2, 0.25) is 0 Å². The van der Waals surface area contributed by atoms with Crippen molar-refractivity contribution in [2.75, 3.05) is 0 Å². The fourth-order valence-electron chi connectivity index (χ4n) is 0.778. The molecule has 0 saturated heterocycles. The van der Waals surface area contributed by atoms with E-state index in [0.29, 0.717) is 0 Å². The van der Waals surface area contributed by atoms with Crippen molar-refractivity contribution in [1.82, 2.24) is 0 Å². The van der Waals surface area contributed by atoms with Gasteiger partial charge in [-0.15, -0.1) is 0 Å². The molecule has 1 nitrogen and oxygen atoms in total. The maximum atomic E-state index is 8.99. The molecule has 44 valence electrons. The van der Waals surface area contributed by atoms with E-state index >= 15 is 0 Å². The van der Waals surface area contributed by atoms with E-state index in [1.807, 2.05) is 6.08 Å². The normalized spacial score (nSPS) is 28.6. The largest absolute Gasteiger partial charge is 0.385 e. The minimum atomic E-state index is -0.372. The maximum Gasteiger partial charge on any atom is 0.0929 e. The molecule has 0 saturated carbocycles. The van der Waals surface area contributed by atoms with E-state index in [1.54, 1.807) is 6.08 Å².